The number of urea groups is 1. The number of thioether (sulfide) groups is 1. The molecule has 0 aliphatic carbocycles. The molecule has 31 heavy (non-hydrogen) atoms. The molecule has 1 N–H and O–H groups in total. The topological polar surface area (TPSA) is 85.3 Å². The summed E-state index contributed by atoms with van der Waals surface area (Å²) in [7, 11) is 0. The Balaban J connectivity index is 1.37. The number of hydrogen-bond donors (Lipinski definition) is 1. The molecule has 8 nitrogen and oxygen atoms in total. The minimum atomic E-state index is -0.858. The molecule has 0 bridgehead atoms. The van der Waals surface area contributed by atoms with E-state index in [1.165, 1.54) is 0 Å². The van der Waals surface area contributed by atoms with Gasteiger partial charge in [-0.25, -0.2) is 4.79 Å². The summed E-state index contributed by atoms with van der Waals surface area (Å²) < 4.78 is 17.1. The molecule has 2 amide bonds. The number of benzene rings is 1. The van der Waals surface area contributed by atoms with Gasteiger partial charge < -0.3 is 19.5 Å². The lowest BCUT2D eigenvalue weighted by Gasteiger charge is -2.40. The lowest BCUT2D eigenvalue weighted by Crippen LogP contribution is -2.59. The monoisotopic (exact) mass is 438 g/mol. The lowest BCUT2D eigenvalue weighted by atomic mass is 9.85. The van der Waals surface area contributed by atoms with Crippen molar-refractivity contribution < 1.29 is 19.0 Å². The summed E-state index contributed by atoms with van der Waals surface area (Å²) in [5.74, 6) is 2.39. The van der Waals surface area contributed by atoms with Gasteiger partial charge in [-0.05, 0) is 18.2 Å². The number of carbonyl (C=O) groups excluding carboxylic acids is 1. The van der Waals surface area contributed by atoms with Gasteiger partial charge in [-0.2, -0.15) is 0 Å². The van der Waals surface area contributed by atoms with E-state index in [1.54, 1.807) is 22.9 Å². The number of nitrogens with zero attached hydrogens (tertiary/aromatic N) is 3. The smallest absolute Gasteiger partial charge is 0.323 e. The summed E-state index contributed by atoms with van der Waals surface area (Å²) in [5, 5.41) is 4.59. The van der Waals surface area contributed by atoms with Crippen molar-refractivity contribution in [2.45, 2.75) is 24.6 Å². The Bertz CT molecular complexity index is 1120. The average Bonchev–Trinajstić information content (AvgIpc) is 3.49. The van der Waals surface area contributed by atoms with Crippen molar-refractivity contribution in [3.8, 4) is 17.2 Å². The highest BCUT2D eigenvalue weighted by Crippen LogP contribution is 2.50. The van der Waals surface area contributed by atoms with Crippen LogP contribution in [0.4, 0.5) is 10.5 Å². The number of hydrogen-bond acceptors (Lipinski definition) is 7. The van der Waals surface area contributed by atoms with Crippen LogP contribution in [0.25, 0.3) is 0 Å². The summed E-state index contributed by atoms with van der Waals surface area (Å²) in [6.45, 7) is 6.03. The molecule has 1 aromatic carbocycles. The third kappa shape index (κ3) is 2.79. The van der Waals surface area contributed by atoms with Crippen molar-refractivity contribution in [2.75, 3.05) is 31.4 Å². The average molecular weight is 439 g/mol. The quantitative estimate of drug-likeness (QED) is 0.793. The van der Waals surface area contributed by atoms with Gasteiger partial charge in [-0.3, -0.25) is 14.9 Å². The maximum Gasteiger partial charge on any atom is 0.323 e. The van der Waals surface area contributed by atoms with E-state index in [9.17, 15) is 4.79 Å². The van der Waals surface area contributed by atoms with Crippen molar-refractivity contribution in [1.82, 2.24) is 10.3 Å². The molecule has 0 saturated heterocycles. The number of anilines is 1. The van der Waals surface area contributed by atoms with Gasteiger partial charge in [-0.1, -0.05) is 13.8 Å². The minimum Gasteiger partial charge on any atom is -0.490 e. The molecule has 2 aromatic rings. The van der Waals surface area contributed by atoms with Crippen LogP contribution in [-0.2, 0) is 5.54 Å². The number of fused-ring (bicyclic) bond motifs is 5. The van der Waals surface area contributed by atoms with E-state index < -0.39 is 5.54 Å². The van der Waals surface area contributed by atoms with Crippen molar-refractivity contribution in [3.63, 3.8) is 0 Å². The van der Waals surface area contributed by atoms with Crippen molar-refractivity contribution in [2.24, 2.45) is 10.9 Å². The maximum atomic E-state index is 13.4. The third-order valence-corrected chi connectivity index (χ3v) is 7.52. The molecule has 1 spiro atoms. The Hall–Kier alpha value is -2.94. The largest absolute Gasteiger partial charge is 0.490 e. The van der Waals surface area contributed by atoms with Gasteiger partial charge in [0.25, 0.3) is 0 Å². The summed E-state index contributed by atoms with van der Waals surface area (Å²) >= 11 is 1.77. The molecular formula is C22H22N4O4S. The second-order valence-electron chi connectivity index (χ2n) is 8.38. The number of carbonyl (C=O) groups is 1. The van der Waals surface area contributed by atoms with Gasteiger partial charge in [-0.15, -0.1) is 11.8 Å². The predicted molar refractivity (Wildman–Crippen MR) is 117 cm³/mol. The minimum absolute atomic E-state index is 0.159. The molecule has 6 rings (SSSR count). The molecule has 2 unspecified atom stereocenters. The van der Waals surface area contributed by atoms with Crippen LogP contribution in [0.2, 0.25) is 0 Å². The Kier molecular flexibility index (Phi) is 4.11. The first kappa shape index (κ1) is 18.8. The fourth-order valence-corrected chi connectivity index (χ4v) is 5.67. The normalized spacial score (nSPS) is 25.4. The summed E-state index contributed by atoms with van der Waals surface area (Å²) in [4.78, 5) is 24.5. The molecule has 9 heteroatoms. The van der Waals surface area contributed by atoms with E-state index in [4.69, 9.17) is 19.2 Å². The molecule has 4 aliphatic heterocycles. The number of aromatic nitrogens is 1. The number of nitrogens with one attached hydrogen (secondary N) is 1. The van der Waals surface area contributed by atoms with Gasteiger partial charge in [0.15, 0.2) is 11.5 Å². The SMILES string of the molecule is CC(C)C1=NCC(CN2C(=O)NC3(COc4cc5c(cc43)OCO5)c3ncccc32)S1. The maximum absolute atomic E-state index is 13.4. The molecule has 2 atom stereocenters. The molecule has 0 saturated carbocycles. The van der Waals surface area contributed by atoms with Crippen molar-refractivity contribution in [1.29, 1.82) is 0 Å². The van der Waals surface area contributed by atoms with Gasteiger partial charge in [0.05, 0.1) is 23.0 Å². The van der Waals surface area contributed by atoms with E-state index in [-0.39, 0.29) is 24.7 Å². The zero-order valence-electron chi connectivity index (χ0n) is 17.3. The van der Waals surface area contributed by atoms with E-state index in [0.29, 0.717) is 29.7 Å². The zero-order chi connectivity index (χ0) is 21.2. The predicted octanol–water partition coefficient (Wildman–Crippen LogP) is 3.15. The third-order valence-electron chi connectivity index (χ3n) is 6.04. The van der Waals surface area contributed by atoms with Crippen LogP contribution in [0.15, 0.2) is 35.5 Å². The Morgan fingerprint density at radius 3 is 2.90 bits per heavy atom. The summed E-state index contributed by atoms with van der Waals surface area (Å²) in [6.07, 6.45) is 1.76. The highest BCUT2D eigenvalue weighted by Gasteiger charge is 2.52. The first-order valence-corrected chi connectivity index (χ1v) is 11.3. The van der Waals surface area contributed by atoms with E-state index in [1.807, 2.05) is 24.3 Å². The second kappa shape index (κ2) is 6.78. The van der Waals surface area contributed by atoms with Gasteiger partial charge in [0, 0.05) is 35.5 Å². The first-order chi connectivity index (χ1) is 15.0. The van der Waals surface area contributed by atoms with Crippen LogP contribution in [0.1, 0.15) is 25.1 Å². The summed E-state index contributed by atoms with van der Waals surface area (Å²) in [6, 6.07) is 7.39. The Morgan fingerprint density at radius 2 is 2.10 bits per heavy atom. The molecule has 5 heterocycles. The molecule has 160 valence electrons. The van der Waals surface area contributed by atoms with Crippen LogP contribution in [0.3, 0.4) is 0 Å². The molecule has 1 aromatic heterocycles. The lowest BCUT2D eigenvalue weighted by molar-refractivity contribution is 0.173. The highest BCUT2D eigenvalue weighted by molar-refractivity contribution is 8.14. The van der Waals surface area contributed by atoms with Crippen molar-refractivity contribution in [3.05, 3.63) is 41.7 Å². The van der Waals surface area contributed by atoms with Crippen molar-refractivity contribution >= 4 is 28.5 Å². The number of aliphatic imine (C=N–C) groups is 1. The molecule has 4 aliphatic rings. The van der Waals surface area contributed by atoms with E-state index in [2.05, 4.69) is 24.2 Å². The second-order valence-corrected chi connectivity index (χ2v) is 9.70. The standard InChI is InChI=1S/C22H22N4O4S/c1-12(2)20-24-8-13(31-20)9-26-15-4-3-5-23-19(15)22(25-21(26)27)10-28-16-7-18-17(6-14(16)22)29-11-30-18/h3-7,12-13H,8-11H2,1-2H3,(H,25,27). The van der Waals surface area contributed by atoms with Crippen LogP contribution in [-0.4, -0.2) is 47.8 Å². The molecule has 0 fully saturated rings. The van der Waals surface area contributed by atoms with E-state index >= 15 is 0 Å². The van der Waals surface area contributed by atoms with Gasteiger partial charge >= 0.3 is 6.03 Å². The van der Waals surface area contributed by atoms with Crippen LogP contribution in [0.5, 0.6) is 17.2 Å². The number of amides is 2. The van der Waals surface area contributed by atoms with Crippen LogP contribution >= 0.6 is 11.8 Å². The molecular weight excluding hydrogens is 416 g/mol. The van der Waals surface area contributed by atoms with Gasteiger partial charge in [0.2, 0.25) is 6.79 Å². The summed E-state index contributed by atoms with van der Waals surface area (Å²) in [5.41, 5.74) is 1.56. The highest BCUT2D eigenvalue weighted by atomic mass is 32.2. The Labute approximate surface area is 184 Å². The van der Waals surface area contributed by atoms with E-state index in [0.717, 1.165) is 28.5 Å². The number of ether oxygens (including phenoxy) is 3. The first-order valence-electron chi connectivity index (χ1n) is 10.4. The van der Waals surface area contributed by atoms with Crippen LogP contribution in [0, 0.1) is 5.92 Å². The number of rotatable bonds is 3. The number of pyridine rings is 1. The van der Waals surface area contributed by atoms with Crippen LogP contribution < -0.4 is 24.4 Å². The zero-order valence-corrected chi connectivity index (χ0v) is 18.1. The molecule has 0 radical (unpaired) electrons. The Morgan fingerprint density at radius 1 is 1.26 bits per heavy atom. The fourth-order valence-electron chi connectivity index (χ4n) is 4.54. The fraction of sp³-hybridized carbons (Fsp3) is 0.409. The van der Waals surface area contributed by atoms with Gasteiger partial charge in [0.1, 0.15) is 17.9 Å².